The van der Waals surface area contributed by atoms with Gasteiger partial charge >= 0.3 is 12.4 Å². The van der Waals surface area contributed by atoms with E-state index >= 15 is 0 Å². The summed E-state index contributed by atoms with van der Waals surface area (Å²) in [4.78, 5) is 19.9. The summed E-state index contributed by atoms with van der Waals surface area (Å²) in [7, 11) is 0. The minimum absolute atomic E-state index is 0.0267. The van der Waals surface area contributed by atoms with Crippen molar-refractivity contribution in [2.24, 2.45) is 15.8 Å². The number of hydrogen-bond acceptors (Lipinski definition) is 7. The van der Waals surface area contributed by atoms with Crippen LogP contribution in [0.15, 0.2) is 52.3 Å². The van der Waals surface area contributed by atoms with Gasteiger partial charge < -0.3 is 20.9 Å². The minimum Gasteiger partial charge on any atom is -0.383 e. The number of fused-ring (bicyclic) bond motifs is 1. The standard InChI is InChI=1S/C26H31F6N7O/c1-2-20(40)38-9-6-8-37(11-12-38)7-4-3-5-10-39-24-21(23(33)34-16-35-24)22(36-39)17-13-18(25(27,28)29)15-19(14-17)26(30,31)32/h2,13-16,24H,1,3-12,33H2,(H,34,35). The summed E-state index contributed by atoms with van der Waals surface area (Å²) in [6.07, 6.45) is -4.69. The number of amides is 1. The fourth-order valence-electron chi connectivity index (χ4n) is 5.01. The lowest BCUT2D eigenvalue weighted by Gasteiger charge is -2.27. The van der Waals surface area contributed by atoms with E-state index < -0.39 is 29.6 Å². The number of hydrazone groups is 1. The van der Waals surface area contributed by atoms with Crippen LogP contribution in [0.2, 0.25) is 0 Å². The fourth-order valence-corrected chi connectivity index (χ4v) is 5.01. The van der Waals surface area contributed by atoms with Crippen LogP contribution in [0.5, 0.6) is 0 Å². The van der Waals surface area contributed by atoms with Gasteiger partial charge in [-0.05, 0) is 56.6 Å². The summed E-state index contributed by atoms with van der Waals surface area (Å²) in [5.41, 5.74) is 2.99. The van der Waals surface area contributed by atoms with Crippen molar-refractivity contribution in [1.29, 1.82) is 0 Å². The monoisotopic (exact) mass is 571 g/mol. The van der Waals surface area contributed by atoms with Crippen molar-refractivity contribution in [2.45, 2.75) is 44.2 Å². The largest absolute Gasteiger partial charge is 0.416 e. The molecular weight excluding hydrogens is 540 g/mol. The van der Waals surface area contributed by atoms with Crippen molar-refractivity contribution >= 4 is 18.0 Å². The maximum atomic E-state index is 13.5. The zero-order valence-electron chi connectivity index (χ0n) is 21.7. The van der Waals surface area contributed by atoms with Crippen LogP contribution >= 0.6 is 0 Å². The van der Waals surface area contributed by atoms with E-state index in [4.69, 9.17) is 5.73 Å². The number of benzene rings is 1. The van der Waals surface area contributed by atoms with E-state index in [1.807, 2.05) is 0 Å². The van der Waals surface area contributed by atoms with Crippen molar-refractivity contribution in [3.63, 3.8) is 0 Å². The van der Waals surface area contributed by atoms with Gasteiger partial charge in [0, 0.05) is 31.7 Å². The van der Waals surface area contributed by atoms with Crippen molar-refractivity contribution < 1.29 is 31.1 Å². The van der Waals surface area contributed by atoms with E-state index in [2.05, 4.69) is 26.9 Å². The molecule has 40 heavy (non-hydrogen) atoms. The highest BCUT2D eigenvalue weighted by molar-refractivity contribution is 6.15. The Morgan fingerprint density at radius 1 is 1.00 bits per heavy atom. The normalized spacial score (nSPS) is 20.2. The number of halogens is 6. The number of nitrogens with one attached hydrogen (secondary N) is 1. The summed E-state index contributed by atoms with van der Waals surface area (Å²) < 4.78 is 80.8. The lowest BCUT2D eigenvalue weighted by Crippen LogP contribution is -2.44. The highest BCUT2D eigenvalue weighted by atomic mass is 19.4. The van der Waals surface area contributed by atoms with Crippen molar-refractivity contribution in [1.82, 2.24) is 20.1 Å². The molecule has 1 aromatic rings. The number of carbonyl (C=O) groups excluding carboxylic acids is 1. The first kappa shape index (κ1) is 29.4. The van der Waals surface area contributed by atoms with Gasteiger partial charge in [0.05, 0.1) is 23.0 Å². The molecule has 1 saturated heterocycles. The zero-order chi connectivity index (χ0) is 29.1. The van der Waals surface area contributed by atoms with Crippen LogP contribution in [0, 0.1) is 0 Å². The minimum atomic E-state index is -4.98. The van der Waals surface area contributed by atoms with E-state index in [1.165, 1.54) is 12.4 Å². The second kappa shape index (κ2) is 11.9. The number of hydrogen-bond donors (Lipinski definition) is 2. The third kappa shape index (κ3) is 6.77. The Balaban J connectivity index is 1.43. The van der Waals surface area contributed by atoms with Gasteiger partial charge in [0.25, 0.3) is 0 Å². The smallest absolute Gasteiger partial charge is 0.383 e. The quantitative estimate of drug-likeness (QED) is 0.282. The molecule has 1 amide bonds. The average Bonchev–Trinajstić information content (AvgIpc) is 3.11. The van der Waals surface area contributed by atoms with Gasteiger partial charge in [-0.2, -0.15) is 31.4 Å². The summed E-state index contributed by atoms with van der Waals surface area (Å²) >= 11 is 0. The Kier molecular flexibility index (Phi) is 8.76. The molecule has 1 unspecified atom stereocenters. The number of alkyl halides is 6. The van der Waals surface area contributed by atoms with Crippen LogP contribution < -0.4 is 11.1 Å². The predicted octanol–water partition coefficient (Wildman–Crippen LogP) is 3.76. The van der Waals surface area contributed by atoms with E-state index in [9.17, 15) is 31.1 Å². The van der Waals surface area contributed by atoms with Crippen LogP contribution in [0.25, 0.3) is 0 Å². The van der Waals surface area contributed by atoms with Crippen LogP contribution in [-0.4, -0.2) is 78.2 Å². The molecule has 1 aromatic carbocycles. The Morgan fingerprint density at radius 2 is 1.68 bits per heavy atom. The van der Waals surface area contributed by atoms with Gasteiger partial charge in [-0.3, -0.25) is 9.80 Å². The van der Waals surface area contributed by atoms with Crippen molar-refractivity contribution in [2.75, 3.05) is 39.3 Å². The first-order chi connectivity index (χ1) is 18.9. The molecule has 0 saturated carbocycles. The molecule has 3 heterocycles. The molecule has 0 aliphatic carbocycles. The van der Waals surface area contributed by atoms with Crippen LogP contribution in [-0.2, 0) is 17.1 Å². The van der Waals surface area contributed by atoms with Crippen molar-refractivity contribution in [3.05, 3.63) is 58.9 Å². The Hall–Kier alpha value is -3.55. The second-order valence-corrected chi connectivity index (χ2v) is 9.82. The summed E-state index contributed by atoms with van der Waals surface area (Å²) in [5, 5.41) is 8.95. The van der Waals surface area contributed by atoms with Crippen molar-refractivity contribution in [3.8, 4) is 0 Å². The van der Waals surface area contributed by atoms with E-state index in [-0.39, 0.29) is 34.6 Å². The zero-order valence-corrected chi connectivity index (χ0v) is 21.7. The summed E-state index contributed by atoms with van der Waals surface area (Å²) in [6.45, 7) is 7.79. The number of aliphatic imine (C=N–C) groups is 1. The molecular formula is C26H31F6N7O. The molecule has 218 valence electrons. The Bertz CT molecular complexity index is 1170. The van der Waals surface area contributed by atoms with E-state index in [0.29, 0.717) is 38.2 Å². The Morgan fingerprint density at radius 3 is 2.33 bits per heavy atom. The van der Waals surface area contributed by atoms with Crippen LogP contribution in [0.3, 0.4) is 0 Å². The van der Waals surface area contributed by atoms with Gasteiger partial charge in [0.15, 0.2) is 0 Å². The lowest BCUT2D eigenvalue weighted by molar-refractivity contribution is -0.143. The molecule has 0 radical (unpaired) electrons. The number of nitrogens with two attached hydrogens (primary N) is 1. The molecule has 1 atom stereocenters. The third-order valence-electron chi connectivity index (χ3n) is 7.06. The average molecular weight is 572 g/mol. The van der Waals surface area contributed by atoms with Crippen LogP contribution in [0.4, 0.5) is 26.3 Å². The molecule has 3 N–H and O–H groups in total. The molecule has 3 aliphatic heterocycles. The highest BCUT2D eigenvalue weighted by Crippen LogP contribution is 2.38. The van der Waals surface area contributed by atoms with Gasteiger partial charge in [-0.1, -0.05) is 13.0 Å². The lowest BCUT2D eigenvalue weighted by atomic mass is 9.96. The molecule has 0 aromatic heterocycles. The van der Waals surface area contributed by atoms with Crippen LogP contribution in [0.1, 0.15) is 42.4 Å². The third-order valence-corrected chi connectivity index (χ3v) is 7.06. The number of rotatable bonds is 8. The first-order valence-electron chi connectivity index (χ1n) is 13.0. The summed E-state index contributed by atoms with van der Waals surface area (Å²) in [5.74, 6) is -0.0938. The SMILES string of the molecule is C=CC(=O)N1CCCN(CCCCCN2N=C(c3cc(C(F)(F)F)cc(C(F)(F)F)c3)C3=C(N)N=CNC32)CC1. The van der Waals surface area contributed by atoms with E-state index in [0.717, 1.165) is 38.9 Å². The fraction of sp³-hybridized carbons (Fsp3) is 0.500. The topological polar surface area (TPSA) is 89.6 Å². The number of unbranched alkanes of at least 4 members (excludes halogenated alkanes) is 2. The first-order valence-corrected chi connectivity index (χ1v) is 13.0. The second-order valence-electron chi connectivity index (χ2n) is 9.82. The molecule has 0 spiro atoms. The molecule has 8 nitrogen and oxygen atoms in total. The maximum Gasteiger partial charge on any atom is 0.416 e. The van der Waals surface area contributed by atoms with Gasteiger partial charge in [0.1, 0.15) is 17.7 Å². The summed E-state index contributed by atoms with van der Waals surface area (Å²) in [6, 6.07) is 1.39. The molecule has 4 rings (SSSR count). The van der Waals surface area contributed by atoms with Gasteiger partial charge in [0.2, 0.25) is 5.91 Å². The number of carbonyl (C=O) groups is 1. The molecule has 1 fully saturated rings. The van der Waals surface area contributed by atoms with E-state index in [1.54, 1.807) is 9.91 Å². The molecule has 3 aliphatic rings. The van der Waals surface area contributed by atoms with Gasteiger partial charge in [-0.25, -0.2) is 4.99 Å². The molecule has 14 heteroatoms. The van der Waals surface area contributed by atoms with Gasteiger partial charge in [-0.15, -0.1) is 0 Å². The molecule has 0 bridgehead atoms. The number of nitrogens with zero attached hydrogens (tertiary/aromatic N) is 5. The Labute approximate surface area is 227 Å². The highest BCUT2D eigenvalue weighted by Gasteiger charge is 2.40. The predicted molar refractivity (Wildman–Crippen MR) is 138 cm³/mol. The maximum absolute atomic E-state index is 13.5.